The number of alkyl halides is 3. The number of hydrogen-bond acceptors (Lipinski definition) is 4. The maximum Gasteiger partial charge on any atom is 0.401 e. The fourth-order valence-electron chi connectivity index (χ4n) is 2.94. The van der Waals surface area contributed by atoms with Gasteiger partial charge in [-0.2, -0.15) is 13.2 Å². The van der Waals surface area contributed by atoms with Crippen molar-refractivity contribution in [2.24, 2.45) is 10.9 Å². The molecular weight excluding hydrogens is 486 g/mol. The van der Waals surface area contributed by atoms with Crippen molar-refractivity contribution in [1.29, 1.82) is 0 Å². The molecule has 0 aliphatic carbocycles. The van der Waals surface area contributed by atoms with Crippen LogP contribution in [0.5, 0.6) is 0 Å². The minimum Gasteiger partial charge on any atom is -0.443 e. The molecule has 0 spiro atoms. The molecule has 2 heterocycles. The third-order valence-electron chi connectivity index (χ3n) is 4.34. The van der Waals surface area contributed by atoms with Gasteiger partial charge < -0.3 is 15.1 Å². The van der Waals surface area contributed by atoms with E-state index in [0.717, 1.165) is 12.2 Å². The first-order valence-electron chi connectivity index (χ1n) is 9.33. The molecule has 1 aromatic heterocycles. The maximum atomic E-state index is 12.5. The van der Waals surface area contributed by atoms with Crippen LogP contribution in [0, 0.1) is 5.92 Å². The number of hydrogen-bond donors (Lipinski definition) is 2. The number of nitrogens with one attached hydrogen (secondary N) is 2. The Balaban J connectivity index is 0.00000392. The Bertz CT molecular complexity index is 627. The van der Waals surface area contributed by atoms with Crippen LogP contribution in [-0.4, -0.2) is 54.7 Å². The fourth-order valence-corrected chi connectivity index (χ4v) is 2.94. The summed E-state index contributed by atoms with van der Waals surface area (Å²) in [5, 5.41) is 6.35. The van der Waals surface area contributed by atoms with Crippen molar-refractivity contribution in [3.05, 3.63) is 17.8 Å². The first-order valence-corrected chi connectivity index (χ1v) is 9.33. The second-order valence-corrected chi connectivity index (χ2v) is 7.95. The van der Waals surface area contributed by atoms with Crippen molar-refractivity contribution in [2.45, 2.75) is 52.3 Å². The van der Waals surface area contributed by atoms with Gasteiger partial charge in [-0.3, -0.25) is 4.90 Å². The van der Waals surface area contributed by atoms with E-state index in [0.29, 0.717) is 44.6 Å². The molecule has 1 atom stereocenters. The Labute approximate surface area is 181 Å². The normalized spacial score (nSPS) is 18.8. The van der Waals surface area contributed by atoms with Crippen LogP contribution in [0.1, 0.15) is 45.8 Å². The SMILES string of the molecule is CCNC(=NCc1ncc(C(C)(C)C)o1)NCC1CCN(CC(F)(F)F)C1.I. The first kappa shape index (κ1) is 25.0. The second-order valence-electron chi connectivity index (χ2n) is 7.95. The second kappa shape index (κ2) is 10.7. The maximum absolute atomic E-state index is 12.5. The van der Waals surface area contributed by atoms with Crippen LogP contribution in [0.4, 0.5) is 13.2 Å². The van der Waals surface area contributed by atoms with E-state index in [-0.39, 0.29) is 35.3 Å². The van der Waals surface area contributed by atoms with E-state index in [1.165, 1.54) is 4.90 Å². The van der Waals surface area contributed by atoms with Crippen molar-refractivity contribution in [1.82, 2.24) is 20.5 Å². The molecule has 0 bridgehead atoms. The molecule has 2 rings (SSSR count). The average molecular weight is 517 g/mol. The Kier molecular flexibility index (Phi) is 9.51. The van der Waals surface area contributed by atoms with E-state index in [1.807, 2.05) is 6.92 Å². The van der Waals surface area contributed by atoms with E-state index in [1.54, 1.807) is 6.20 Å². The van der Waals surface area contributed by atoms with Gasteiger partial charge in [0.25, 0.3) is 0 Å². The molecule has 0 radical (unpaired) electrons. The number of likely N-dealkylation sites (tertiary alicyclic amines) is 1. The molecular formula is C18H31F3IN5O. The number of halogens is 4. The van der Waals surface area contributed by atoms with Crippen LogP contribution in [0.25, 0.3) is 0 Å². The van der Waals surface area contributed by atoms with E-state index >= 15 is 0 Å². The molecule has 6 nitrogen and oxygen atoms in total. The predicted octanol–water partition coefficient (Wildman–Crippen LogP) is 3.53. The van der Waals surface area contributed by atoms with Crippen molar-refractivity contribution in [3.8, 4) is 0 Å². The van der Waals surface area contributed by atoms with Crippen LogP contribution in [0.2, 0.25) is 0 Å². The third-order valence-corrected chi connectivity index (χ3v) is 4.34. The van der Waals surface area contributed by atoms with Crippen molar-refractivity contribution >= 4 is 29.9 Å². The van der Waals surface area contributed by atoms with Gasteiger partial charge in [-0.1, -0.05) is 20.8 Å². The molecule has 1 fully saturated rings. The monoisotopic (exact) mass is 517 g/mol. The predicted molar refractivity (Wildman–Crippen MR) is 114 cm³/mol. The minimum absolute atomic E-state index is 0. The molecule has 0 saturated carbocycles. The van der Waals surface area contributed by atoms with Crippen molar-refractivity contribution < 1.29 is 17.6 Å². The molecule has 10 heteroatoms. The van der Waals surface area contributed by atoms with Crippen LogP contribution < -0.4 is 10.6 Å². The quantitative estimate of drug-likeness (QED) is 0.344. The van der Waals surface area contributed by atoms with Crippen LogP contribution in [0.15, 0.2) is 15.6 Å². The summed E-state index contributed by atoms with van der Waals surface area (Å²) in [5.74, 6) is 2.13. The highest BCUT2D eigenvalue weighted by Gasteiger charge is 2.34. The standard InChI is InChI=1S/C18H30F3N5O.HI/c1-5-22-16(25-10-15-23-9-14(27-15)17(2,3)4)24-8-13-6-7-26(11-13)12-18(19,20)21;/h9,13H,5-8,10-12H2,1-4H3,(H2,22,24,25);1H. The van der Waals surface area contributed by atoms with E-state index in [4.69, 9.17) is 4.42 Å². The number of aliphatic imine (C=N–C) groups is 1. The minimum atomic E-state index is -4.14. The van der Waals surface area contributed by atoms with Gasteiger partial charge in [0.2, 0.25) is 5.89 Å². The summed E-state index contributed by atoms with van der Waals surface area (Å²) in [6.45, 7) is 9.77. The van der Waals surface area contributed by atoms with E-state index < -0.39 is 12.7 Å². The summed E-state index contributed by atoms with van der Waals surface area (Å²) in [5.41, 5.74) is -0.109. The first-order chi connectivity index (χ1) is 12.6. The largest absolute Gasteiger partial charge is 0.443 e. The molecule has 1 aromatic rings. The van der Waals surface area contributed by atoms with Gasteiger partial charge in [0.1, 0.15) is 12.3 Å². The van der Waals surface area contributed by atoms with Gasteiger partial charge in [-0.05, 0) is 25.8 Å². The lowest BCUT2D eigenvalue weighted by Gasteiger charge is -2.18. The van der Waals surface area contributed by atoms with E-state index in [2.05, 4.69) is 41.4 Å². The molecule has 1 aliphatic rings. The van der Waals surface area contributed by atoms with Crippen molar-refractivity contribution in [3.63, 3.8) is 0 Å². The van der Waals surface area contributed by atoms with Gasteiger partial charge >= 0.3 is 6.18 Å². The highest BCUT2D eigenvalue weighted by atomic mass is 127. The summed E-state index contributed by atoms with van der Waals surface area (Å²) in [6, 6.07) is 0. The van der Waals surface area contributed by atoms with Crippen LogP contribution >= 0.6 is 24.0 Å². The zero-order chi connectivity index (χ0) is 20.1. The van der Waals surface area contributed by atoms with Crippen molar-refractivity contribution in [2.75, 3.05) is 32.7 Å². The molecule has 0 amide bonds. The lowest BCUT2D eigenvalue weighted by atomic mass is 9.94. The Morgan fingerprint density at radius 1 is 1.32 bits per heavy atom. The fraction of sp³-hybridized carbons (Fsp3) is 0.778. The molecule has 1 saturated heterocycles. The third kappa shape index (κ3) is 8.54. The number of nitrogens with zero attached hydrogens (tertiary/aromatic N) is 3. The Morgan fingerprint density at radius 2 is 2.04 bits per heavy atom. The number of oxazole rings is 1. The molecule has 28 heavy (non-hydrogen) atoms. The smallest absolute Gasteiger partial charge is 0.401 e. The molecule has 162 valence electrons. The highest BCUT2D eigenvalue weighted by molar-refractivity contribution is 14.0. The summed E-state index contributed by atoms with van der Waals surface area (Å²) in [4.78, 5) is 10.2. The molecule has 1 aliphatic heterocycles. The highest BCUT2D eigenvalue weighted by Crippen LogP contribution is 2.23. The van der Waals surface area contributed by atoms with Gasteiger partial charge in [-0.15, -0.1) is 24.0 Å². The van der Waals surface area contributed by atoms with Crippen LogP contribution in [0.3, 0.4) is 0 Å². The number of aromatic nitrogens is 1. The molecule has 0 aromatic carbocycles. The lowest BCUT2D eigenvalue weighted by molar-refractivity contribution is -0.143. The van der Waals surface area contributed by atoms with Crippen LogP contribution in [-0.2, 0) is 12.0 Å². The van der Waals surface area contributed by atoms with Gasteiger partial charge in [0.05, 0.1) is 12.7 Å². The number of guanidine groups is 1. The summed E-state index contributed by atoms with van der Waals surface area (Å²) in [7, 11) is 0. The zero-order valence-corrected chi connectivity index (χ0v) is 19.2. The molecule has 1 unspecified atom stereocenters. The summed E-state index contributed by atoms with van der Waals surface area (Å²) < 4.78 is 43.2. The Hall–Kier alpha value is -1.04. The average Bonchev–Trinajstić information content (AvgIpc) is 3.17. The zero-order valence-electron chi connectivity index (χ0n) is 16.9. The summed E-state index contributed by atoms with van der Waals surface area (Å²) in [6.07, 6.45) is -1.67. The van der Waals surface area contributed by atoms with E-state index in [9.17, 15) is 13.2 Å². The molecule has 2 N–H and O–H groups in total. The lowest BCUT2D eigenvalue weighted by Crippen LogP contribution is -2.40. The van der Waals surface area contributed by atoms with Gasteiger partial charge in [-0.25, -0.2) is 9.98 Å². The summed E-state index contributed by atoms with van der Waals surface area (Å²) >= 11 is 0. The number of rotatable bonds is 6. The Morgan fingerprint density at radius 3 is 2.61 bits per heavy atom. The van der Waals surface area contributed by atoms with Gasteiger partial charge in [0, 0.05) is 25.0 Å². The topological polar surface area (TPSA) is 65.7 Å². The van der Waals surface area contributed by atoms with Gasteiger partial charge in [0.15, 0.2) is 5.96 Å².